The second-order valence-electron chi connectivity index (χ2n) is 8.85. The predicted molar refractivity (Wildman–Crippen MR) is 142 cm³/mol. The summed E-state index contributed by atoms with van der Waals surface area (Å²) >= 11 is 0. The molecular weight excluding hydrogens is 468 g/mol. The molecule has 4 aromatic rings. The summed E-state index contributed by atoms with van der Waals surface area (Å²) in [7, 11) is 0. The Morgan fingerprint density at radius 1 is 0.973 bits per heavy atom. The summed E-state index contributed by atoms with van der Waals surface area (Å²) < 4.78 is 0. The number of hydrogen-bond acceptors (Lipinski definition) is 6. The number of carbonyl (C=O) groups excluding carboxylic acids is 3. The van der Waals surface area contributed by atoms with Crippen LogP contribution in [-0.4, -0.2) is 34.2 Å². The molecule has 0 bridgehead atoms. The molecule has 0 saturated carbocycles. The second kappa shape index (κ2) is 10.4. The molecular formula is C28H26N6O3. The van der Waals surface area contributed by atoms with Crippen molar-refractivity contribution >= 4 is 45.8 Å². The molecule has 37 heavy (non-hydrogen) atoms. The molecule has 9 heteroatoms. The van der Waals surface area contributed by atoms with Crippen LogP contribution < -0.4 is 21.3 Å². The van der Waals surface area contributed by atoms with Crippen molar-refractivity contribution in [1.29, 1.82) is 0 Å². The van der Waals surface area contributed by atoms with Gasteiger partial charge in [-0.15, -0.1) is 0 Å². The molecule has 0 aliphatic carbocycles. The summed E-state index contributed by atoms with van der Waals surface area (Å²) in [6, 6.07) is 19.8. The maximum atomic E-state index is 12.8. The van der Waals surface area contributed by atoms with Gasteiger partial charge in [0.1, 0.15) is 12.1 Å². The molecule has 1 saturated heterocycles. The number of fused-ring (bicyclic) bond motifs is 1. The predicted octanol–water partition coefficient (Wildman–Crippen LogP) is 4.11. The fourth-order valence-electron chi connectivity index (χ4n) is 4.45. The highest BCUT2D eigenvalue weighted by Gasteiger charge is 2.20. The first-order valence-electron chi connectivity index (χ1n) is 12.1. The third kappa shape index (κ3) is 5.25. The average molecular weight is 495 g/mol. The Balaban J connectivity index is 1.25. The van der Waals surface area contributed by atoms with Gasteiger partial charge in [0.2, 0.25) is 5.91 Å². The number of nitrogens with zero attached hydrogens (tertiary/aromatic N) is 3. The Morgan fingerprint density at radius 2 is 1.78 bits per heavy atom. The quantitative estimate of drug-likeness (QED) is 0.354. The third-order valence-corrected chi connectivity index (χ3v) is 6.34. The highest BCUT2D eigenvalue weighted by molar-refractivity contribution is 6.07. The lowest BCUT2D eigenvalue weighted by Crippen LogP contribution is -2.35. The number of para-hydroxylation sites is 1. The van der Waals surface area contributed by atoms with Gasteiger partial charge in [-0.05, 0) is 66.9 Å². The Labute approximate surface area is 213 Å². The van der Waals surface area contributed by atoms with E-state index in [0.717, 1.165) is 24.1 Å². The van der Waals surface area contributed by atoms with Crippen LogP contribution in [0.3, 0.4) is 0 Å². The van der Waals surface area contributed by atoms with Crippen LogP contribution in [0, 0.1) is 0 Å². The zero-order valence-electron chi connectivity index (χ0n) is 20.1. The summed E-state index contributed by atoms with van der Waals surface area (Å²) in [5, 5.41) is 6.90. The summed E-state index contributed by atoms with van der Waals surface area (Å²) in [5.74, 6) is -0.0808. The first-order valence-corrected chi connectivity index (χ1v) is 12.1. The lowest BCUT2D eigenvalue weighted by molar-refractivity contribution is -0.119. The van der Waals surface area contributed by atoms with Crippen molar-refractivity contribution in [3.8, 4) is 0 Å². The van der Waals surface area contributed by atoms with Crippen molar-refractivity contribution in [1.82, 2.24) is 9.97 Å². The van der Waals surface area contributed by atoms with E-state index in [4.69, 9.17) is 5.73 Å². The molecule has 1 aromatic heterocycles. The van der Waals surface area contributed by atoms with Crippen LogP contribution in [0.15, 0.2) is 73.1 Å². The van der Waals surface area contributed by atoms with Gasteiger partial charge in [0, 0.05) is 41.8 Å². The average Bonchev–Trinajstić information content (AvgIpc) is 2.92. The topological polar surface area (TPSA) is 130 Å². The molecule has 9 nitrogen and oxygen atoms in total. The smallest absolute Gasteiger partial charge is 0.255 e. The van der Waals surface area contributed by atoms with Gasteiger partial charge < -0.3 is 21.3 Å². The van der Waals surface area contributed by atoms with Crippen molar-refractivity contribution in [2.45, 2.75) is 25.8 Å². The van der Waals surface area contributed by atoms with Gasteiger partial charge in [-0.2, -0.15) is 0 Å². The van der Waals surface area contributed by atoms with Crippen molar-refractivity contribution in [2.75, 3.05) is 22.1 Å². The van der Waals surface area contributed by atoms with E-state index in [1.807, 2.05) is 42.5 Å². The fraction of sp³-hybridized carbons (Fsp3) is 0.179. The van der Waals surface area contributed by atoms with E-state index in [1.165, 1.54) is 6.33 Å². The summed E-state index contributed by atoms with van der Waals surface area (Å²) in [4.78, 5) is 47.0. The zero-order chi connectivity index (χ0) is 25.8. The van der Waals surface area contributed by atoms with Crippen LogP contribution in [0.2, 0.25) is 0 Å². The van der Waals surface area contributed by atoms with Gasteiger partial charge in [0.15, 0.2) is 0 Å². The van der Waals surface area contributed by atoms with Crippen LogP contribution in [0.4, 0.5) is 17.2 Å². The minimum absolute atomic E-state index is 0.122. The summed E-state index contributed by atoms with van der Waals surface area (Å²) in [6.45, 7) is 1.15. The van der Waals surface area contributed by atoms with Gasteiger partial charge in [-0.25, -0.2) is 9.97 Å². The highest BCUT2D eigenvalue weighted by atomic mass is 16.2. The number of anilines is 3. The van der Waals surface area contributed by atoms with Crippen LogP contribution >= 0.6 is 0 Å². The van der Waals surface area contributed by atoms with Gasteiger partial charge in [0.05, 0.1) is 11.1 Å². The lowest BCUT2D eigenvalue weighted by Gasteiger charge is -2.26. The Kier molecular flexibility index (Phi) is 6.76. The van der Waals surface area contributed by atoms with Gasteiger partial charge in [0.25, 0.3) is 11.8 Å². The van der Waals surface area contributed by atoms with Crippen LogP contribution in [0.5, 0.6) is 0 Å². The molecule has 5 rings (SSSR count). The Bertz CT molecular complexity index is 1490. The lowest BCUT2D eigenvalue weighted by atomic mass is 10.1. The first-order chi connectivity index (χ1) is 18.0. The number of aromatic nitrogens is 2. The molecule has 3 aromatic carbocycles. The molecule has 4 N–H and O–H groups in total. The van der Waals surface area contributed by atoms with Crippen LogP contribution in [0.1, 0.15) is 45.5 Å². The number of rotatable bonds is 7. The largest absolute Gasteiger partial charge is 0.366 e. The van der Waals surface area contributed by atoms with E-state index < -0.39 is 5.91 Å². The minimum Gasteiger partial charge on any atom is -0.366 e. The molecule has 186 valence electrons. The standard InChI is InChI=1S/C28H26N6O3/c29-26(36)22-7-4-8-23-25(22)31-17-32-27(23)30-16-18-5-3-6-20(15-18)33-28(37)19-10-12-21(13-11-19)34-14-2-1-9-24(34)35/h3-8,10-13,15,17H,1-2,9,14,16H2,(H2,29,36)(H,33,37)(H,30,31,32). The second-order valence-corrected chi connectivity index (χ2v) is 8.85. The third-order valence-electron chi connectivity index (χ3n) is 6.34. The van der Waals surface area contributed by atoms with E-state index in [2.05, 4.69) is 20.6 Å². The monoisotopic (exact) mass is 494 g/mol. The van der Waals surface area contributed by atoms with Crippen molar-refractivity contribution in [3.63, 3.8) is 0 Å². The molecule has 1 aliphatic rings. The molecule has 1 fully saturated rings. The van der Waals surface area contributed by atoms with E-state index in [-0.39, 0.29) is 11.8 Å². The molecule has 0 radical (unpaired) electrons. The maximum Gasteiger partial charge on any atom is 0.255 e. The van der Waals surface area contributed by atoms with Crippen LogP contribution in [0.25, 0.3) is 10.9 Å². The van der Waals surface area contributed by atoms with E-state index in [9.17, 15) is 14.4 Å². The van der Waals surface area contributed by atoms with E-state index >= 15 is 0 Å². The first kappa shape index (κ1) is 23.9. The Morgan fingerprint density at radius 3 is 2.57 bits per heavy atom. The number of nitrogens with one attached hydrogen (secondary N) is 2. The maximum absolute atomic E-state index is 12.8. The number of carbonyl (C=O) groups is 3. The molecule has 0 spiro atoms. The molecule has 1 aliphatic heterocycles. The minimum atomic E-state index is -0.548. The molecule has 0 unspecified atom stereocenters. The number of primary amides is 1. The number of nitrogens with two attached hydrogens (primary N) is 1. The Hall–Kier alpha value is -4.79. The molecule has 2 heterocycles. The SMILES string of the molecule is NC(=O)c1cccc2c(NCc3cccc(NC(=O)c4ccc(N5CCCCC5=O)cc4)c3)ncnc12. The summed E-state index contributed by atoms with van der Waals surface area (Å²) in [5.41, 5.74) is 9.20. The van der Waals surface area contributed by atoms with E-state index in [1.54, 1.807) is 29.2 Å². The summed E-state index contributed by atoms with van der Waals surface area (Å²) in [6.07, 6.45) is 3.87. The highest BCUT2D eigenvalue weighted by Crippen LogP contribution is 2.24. The normalized spacial score (nSPS) is 13.4. The van der Waals surface area contributed by atoms with Crippen molar-refractivity contribution < 1.29 is 14.4 Å². The zero-order valence-corrected chi connectivity index (χ0v) is 20.1. The number of amides is 3. The number of benzene rings is 3. The number of piperidine rings is 1. The number of hydrogen-bond donors (Lipinski definition) is 3. The molecule has 3 amide bonds. The molecule has 0 atom stereocenters. The van der Waals surface area contributed by atoms with E-state index in [0.29, 0.717) is 53.0 Å². The fourth-order valence-corrected chi connectivity index (χ4v) is 4.45. The van der Waals surface area contributed by atoms with Crippen molar-refractivity contribution in [3.05, 3.63) is 89.7 Å². The van der Waals surface area contributed by atoms with Gasteiger partial charge >= 0.3 is 0 Å². The van der Waals surface area contributed by atoms with Crippen molar-refractivity contribution in [2.24, 2.45) is 5.73 Å². The van der Waals surface area contributed by atoms with Crippen LogP contribution in [-0.2, 0) is 11.3 Å². The van der Waals surface area contributed by atoms with Gasteiger partial charge in [-0.1, -0.05) is 18.2 Å². The van der Waals surface area contributed by atoms with Gasteiger partial charge in [-0.3, -0.25) is 14.4 Å².